The highest BCUT2D eigenvalue weighted by atomic mass is 79.9. The summed E-state index contributed by atoms with van der Waals surface area (Å²) < 4.78 is 108. The minimum Gasteiger partial charge on any atom is -0.495 e. The molecule has 9 aromatic rings. The lowest BCUT2D eigenvalue weighted by molar-refractivity contribution is 0.0115. The Morgan fingerprint density at radius 3 is 1.45 bits per heavy atom. The molecule has 30 heteroatoms. The van der Waals surface area contributed by atoms with Gasteiger partial charge in [0.1, 0.15) is 49.1 Å². The number of hydrogen-bond acceptors (Lipinski definition) is 21. The summed E-state index contributed by atoms with van der Waals surface area (Å²) in [7, 11) is -6.09. The molecule has 4 fully saturated rings. The van der Waals surface area contributed by atoms with Crippen molar-refractivity contribution in [1.29, 1.82) is 0 Å². The summed E-state index contributed by atoms with van der Waals surface area (Å²) in [5.41, 5.74) is 17.0. The van der Waals surface area contributed by atoms with E-state index in [1.165, 1.54) is 65.8 Å². The number of ether oxygens (including phenoxy) is 4. The first-order chi connectivity index (χ1) is 54.0. The minimum absolute atomic E-state index is 0.0666. The van der Waals surface area contributed by atoms with Crippen molar-refractivity contribution in [1.82, 2.24) is 29.7 Å². The highest BCUT2D eigenvalue weighted by Gasteiger charge is 2.30. The van der Waals surface area contributed by atoms with Gasteiger partial charge >= 0.3 is 0 Å². The van der Waals surface area contributed by atoms with Crippen molar-refractivity contribution < 1.29 is 54.9 Å². The molecule has 0 aliphatic carbocycles. The topological polar surface area (TPSA) is 272 Å². The van der Waals surface area contributed by atoms with Gasteiger partial charge in [-0.1, -0.05) is 93.4 Å². The summed E-state index contributed by atoms with van der Waals surface area (Å²) in [6, 6.07) is 39.5. The second-order valence-corrected chi connectivity index (χ2v) is 38.3. The number of aliphatic hydroxyl groups is 1. The molecule has 2 aromatic heterocycles. The zero-order chi connectivity index (χ0) is 81.6. The van der Waals surface area contributed by atoms with E-state index in [1.54, 1.807) is 120 Å². The molecule has 0 bridgehead atoms. The number of methoxy groups -OCH3 is 2. The lowest BCUT2D eigenvalue weighted by Crippen LogP contribution is -2.49. The van der Waals surface area contributed by atoms with Crippen molar-refractivity contribution in [3.05, 3.63) is 188 Å². The number of aromatic nitrogens is 4. The number of nitrogens with two attached hydrogens (primary N) is 1. The van der Waals surface area contributed by atoms with Gasteiger partial charge in [-0.25, -0.2) is 18.7 Å². The largest absolute Gasteiger partial charge is 0.495 e. The average molecular weight is 1760 g/mol. The van der Waals surface area contributed by atoms with Crippen molar-refractivity contribution >= 4 is 130 Å². The Kier molecular flexibility index (Phi) is 33.4. The van der Waals surface area contributed by atoms with Gasteiger partial charge in [0.15, 0.2) is 0 Å². The molecule has 0 radical (unpaired) electrons. The number of benzene rings is 7. The van der Waals surface area contributed by atoms with E-state index in [2.05, 4.69) is 127 Å². The van der Waals surface area contributed by atoms with Crippen LogP contribution >= 0.6 is 57.7 Å². The Hall–Kier alpha value is -7.62. The maximum Gasteiger partial charge on any atom is 0.294 e. The van der Waals surface area contributed by atoms with Crippen molar-refractivity contribution in [2.75, 3.05) is 158 Å². The van der Waals surface area contributed by atoms with Crippen LogP contribution in [0.25, 0.3) is 22.3 Å². The number of morpholine rings is 2. The second-order valence-electron chi connectivity index (χ2n) is 28.4. The molecule has 0 unspecified atom stereocenters. The quantitative estimate of drug-likeness (QED) is 0.0169. The molecular formula is C83H105Br2ClF2N12O10P2S. The van der Waals surface area contributed by atoms with E-state index >= 15 is 0 Å². The van der Waals surface area contributed by atoms with Gasteiger partial charge in [-0.15, -0.1) is 0 Å². The molecule has 4 aliphatic heterocycles. The van der Waals surface area contributed by atoms with Crippen LogP contribution < -0.4 is 51.6 Å². The SMILES string of the molecule is CCCCO.CCc1cc(N)c(OC)cc1N1CCC(N2CCOCC2)CC1.CCc1cc(Nc2ncc(Br)c(Nc3ccc(-c4ccccc4F)cc3P(C)(C)=O)n2)c(OC)cc1N1CCC(N2CCOCC2)CC1.CP(C)(=O)c1cc(-c2ccccc2F)ccc1Nc1nc(Cl)ncc1Br.Cc1ccc(S(=O)(=O)O)cc1. The zero-order valence-electron chi connectivity index (χ0n) is 65.9. The third-order valence-electron chi connectivity index (χ3n) is 19.9. The maximum atomic E-state index is 14.6. The van der Waals surface area contributed by atoms with Gasteiger partial charge in [0.25, 0.3) is 10.1 Å². The predicted octanol–water partition coefficient (Wildman–Crippen LogP) is 17.5. The van der Waals surface area contributed by atoms with E-state index in [9.17, 15) is 26.3 Å². The first-order valence-corrected chi connectivity index (χ1v) is 46.5. The Bertz CT molecular complexity index is 4850. The van der Waals surface area contributed by atoms with E-state index in [4.69, 9.17) is 50.9 Å². The van der Waals surface area contributed by atoms with Crippen LogP contribution in [0.15, 0.2) is 160 Å². The van der Waals surface area contributed by atoms with E-state index in [0.717, 1.165) is 140 Å². The van der Waals surface area contributed by atoms with E-state index in [1.807, 2.05) is 19.1 Å². The van der Waals surface area contributed by atoms with Crippen molar-refractivity contribution in [2.45, 2.75) is 96.0 Å². The molecule has 13 rings (SSSR count). The van der Waals surface area contributed by atoms with Crippen LogP contribution in [-0.2, 0) is 41.6 Å². The molecule has 4 aliphatic rings. The summed E-state index contributed by atoms with van der Waals surface area (Å²) in [5, 5.41) is 19.2. The Morgan fingerprint density at radius 1 is 0.593 bits per heavy atom. The van der Waals surface area contributed by atoms with Crippen LogP contribution in [0.3, 0.4) is 0 Å². The molecule has 0 saturated carbocycles. The summed E-state index contributed by atoms with van der Waals surface area (Å²) in [5.74, 6) is 2.17. The van der Waals surface area contributed by atoms with Gasteiger partial charge in [0.2, 0.25) is 11.2 Å². The fraction of sp³-hybridized carbons (Fsp3) is 0.398. The first-order valence-electron chi connectivity index (χ1n) is 37.9. The molecule has 113 heavy (non-hydrogen) atoms. The standard InChI is InChI=1S/C36H43BrFN6O3P.C18H15BrClFN3OP.C18H29N3O2.C7H8O3S.C4H10O/c1-5-24-20-31(33(46-2)22-32(24)44-14-12-26(13-15-44)43-16-18-47-19-17-43)41-36-39-23-28(37)35(42-36)40-30-11-10-25(21-34(30)48(3,4)45)27-8-6-7-9-29(27)38;1-26(2,25)16-9-11(12-5-3-4-6-14(12)21)7-8-15(16)23-17-13(19)10-22-18(20)24-17;1-3-14-12-16(19)18(22-2)13-17(14)21-6-4-15(5-7-21)20-8-10-23-11-9-20;1-6-2-4-7(5-3-6)11(8,9)10;1-2-3-4-5/h6-11,20-23,26H,5,12-19H2,1-4H3,(H2,39,40,41,42);3-10H,1-2H3,(H,22,23,24);12-13,15H,3-11,19H2,1-2H3;2-5H,1H3,(H,8,9,10);5H,2-4H2,1H3. The summed E-state index contributed by atoms with van der Waals surface area (Å²) in [6.45, 7) is 27.2. The third-order valence-corrected chi connectivity index (χ3v) is 25.2. The molecule has 608 valence electrons. The molecule has 4 saturated heterocycles. The Labute approximate surface area is 686 Å². The highest BCUT2D eigenvalue weighted by molar-refractivity contribution is 9.11. The summed E-state index contributed by atoms with van der Waals surface area (Å²) in [4.78, 5) is 27.4. The maximum absolute atomic E-state index is 14.6. The van der Waals surface area contributed by atoms with Crippen LogP contribution in [-0.4, -0.2) is 186 Å². The fourth-order valence-electron chi connectivity index (χ4n) is 13.8. The van der Waals surface area contributed by atoms with Gasteiger partial charge in [0.05, 0.1) is 77.2 Å². The molecule has 7 N–H and O–H groups in total. The van der Waals surface area contributed by atoms with Gasteiger partial charge in [0, 0.05) is 129 Å². The number of nitrogens with one attached hydrogen (secondary N) is 3. The summed E-state index contributed by atoms with van der Waals surface area (Å²) in [6.07, 6.45) is 11.8. The smallest absolute Gasteiger partial charge is 0.294 e. The lowest BCUT2D eigenvalue weighted by Gasteiger charge is -2.41. The monoisotopic (exact) mass is 1750 g/mol. The van der Waals surface area contributed by atoms with Crippen LogP contribution in [0.1, 0.15) is 76.0 Å². The highest BCUT2D eigenvalue weighted by Crippen LogP contribution is 2.44. The van der Waals surface area contributed by atoms with Gasteiger partial charge < -0.3 is 64.7 Å². The number of anilines is 9. The molecule has 6 heterocycles. The lowest BCUT2D eigenvalue weighted by atomic mass is 10.00. The second kappa shape index (κ2) is 42.3. The average Bonchev–Trinajstić information content (AvgIpc) is 0.790. The number of halogens is 5. The molecule has 0 spiro atoms. The molecule has 7 aromatic carbocycles. The minimum atomic E-state index is -4.02. The summed E-state index contributed by atoms with van der Waals surface area (Å²) >= 11 is 12.8. The van der Waals surface area contributed by atoms with Crippen LogP contribution in [0.2, 0.25) is 5.28 Å². The van der Waals surface area contributed by atoms with Crippen molar-refractivity contribution in [2.24, 2.45) is 0 Å². The number of nitrogen functional groups attached to an aromatic ring is 1. The first kappa shape index (κ1) is 89.3. The van der Waals surface area contributed by atoms with E-state index < -0.39 is 24.4 Å². The normalized spacial score (nSPS) is 15.2. The van der Waals surface area contributed by atoms with Crippen LogP contribution in [0.5, 0.6) is 11.5 Å². The molecule has 0 atom stereocenters. The predicted molar refractivity (Wildman–Crippen MR) is 464 cm³/mol. The molecule has 0 amide bonds. The Balaban J connectivity index is 0.000000189. The number of rotatable bonds is 21. The van der Waals surface area contributed by atoms with Gasteiger partial charge in [-0.05, 0) is 205 Å². The molecule has 22 nitrogen and oxygen atoms in total. The Morgan fingerprint density at radius 2 is 1.04 bits per heavy atom. The number of hydrogen-bond donors (Lipinski definition) is 6. The van der Waals surface area contributed by atoms with Gasteiger partial charge in [-0.2, -0.15) is 18.4 Å². The fourth-order valence-corrected chi connectivity index (χ4v) is 17.3. The number of aryl methyl sites for hydroxylation is 3. The molecular weight excluding hydrogens is 1650 g/mol. The number of aliphatic hydroxyl groups excluding tert-OH is 1. The zero-order valence-corrected chi connectivity index (χ0v) is 72.4. The third kappa shape index (κ3) is 25.2. The van der Waals surface area contributed by atoms with E-state index in [-0.39, 0.29) is 21.8 Å². The number of nitrogens with zero attached hydrogens (tertiary/aromatic N) is 8. The van der Waals surface area contributed by atoms with E-state index in [0.29, 0.717) is 95.2 Å². The number of unbranched alkanes of at least 4 members (excludes halogenated alkanes) is 1. The van der Waals surface area contributed by atoms with Crippen molar-refractivity contribution in [3.63, 3.8) is 0 Å². The van der Waals surface area contributed by atoms with Crippen molar-refractivity contribution in [3.8, 4) is 33.8 Å². The van der Waals surface area contributed by atoms with Crippen LogP contribution in [0, 0.1) is 18.6 Å². The van der Waals surface area contributed by atoms with Crippen LogP contribution in [0.4, 0.5) is 60.5 Å². The van der Waals surface area contributed by atoms with Gasteiger partial charge in [-0.3, -0.25) is 14.4 Å². The number of piperidine rings is 2.